The second kappa shape index (κ2) is 7.56. The third-order valence-corrected chi connectivity index (χ3v) is 3.55. The van der Waals surface area contributed by atoms with Gasteiger partial charge in [0.1, 0.15) is 0 Å². The topological polar surface area (TPSA) is 75.1 Å². The van der Waals surface area contributed by atoms with Gasteiger partial charge in [0.05, 0.1) is 11.3 Å². The maximum atomic E-state index is 13.0. The molecule has 0 aliphatic carbocycles. The lowest BCUT2D eigenvalue weighted by Gasteiger charge is -2.12. The molecule has 0 unspecified atom stereocenters. The zero-order valence-electron chi connectivity index (χ0n) is 12.9. The van der Waals surface area contributed by atoms with Crippen molar-refractivity contribution in [2.24, 2.45) is 0 Å². The van der Waals surface area contributed by atoms with Crippen molar-refractivity contribution in [2.75, 3.05) is 11.9 Å². The van der Waals surface area contributed by atoms with E-state index in [2.05, 4.69) is 20.5 Å². The van der Waals surface area contributed by atoms with Gasteiger partial charge in [-0.2, -0.15) is 18.3 Å². The van der Waals surface area contributed by atoms with E-state index in [9.17, 15) is 18.0 Å². The summed E-state index contributed by atoms with van der Waals surface area (Å²) in [7, 11) is 0. The number of pyridine rings is 2. The summed E-state index contributed by atoms with van der Waals surface area (Å²) in [6.45, 7) is 0.445. The number of H-pyrrole nitrogens is 1. The normalized spacial score (nSPS) is 11.3. The van der Waals surface area contributed by atoms with Gasteiger partial charge < -0.3 is 5.32 Å². The van der Waals surface area contributed by atoms with Crippen molar-refractivity contribution in [3.63, 3.8) is 0 Å². The third-order valence-electron chi connectivity index (χ3n) is 3.55. The number of rotatable bonds is 5. The van der Waals surface area contributed by atoms with Gasteiger partial charge in [-0.05, 0) is 36.6 Å². The summed E-state index contributed by atoms with van der Waals surface area (Å²) >= 11 is 0. The van der Waals surface area contributed by atoms with Gasteiger partial charge in [0.2, 0.25) is 0 Å². The molecule has 10 heteroatoms. The second-order valence-corrected chi connectivity index (χ2v) is 5.25. The van der Waals surface area contributed by atoms with Crippen LogP contribution in [0.2, 0.25) is 0 Å². The van der Waals surface area contributed by atoms with E-state index in [0.717, 1.165) is 28.6 Å². The minimum atomic E-state index is -4.54. The van der Waals surface area contributed by atoms with E-state index < -0.39 is 17.4 Å². The van der Waals surface area contributed by atoms with Crippen molar-refractivity contribution < 1.29 is 13.2 Å². The van der Waals surface area contributed by atoms with Crippen molar-refractivity contribution in [2.45, 2.75) is 19.0 Å². The molecule has 0 radical (unpaired) electrons. The maximum Gasteiger partial charge on any atom is 0.417 e. The van der Waals surface area contributed by atoms with Crippen LogP contribution in [0.4, 0.5) is 18.9 Å². The van der Waals surface area contributed by atoms with Crippen LogP contribution in [0, 0.1) is 0 Å². The van der Waals surface area contributed by atoms with E-state index in [1.54, 1.807) is 12.4 Å². The molecule has 0 amide bonds. The van der Waals surface area contributed by atoms with Crippen molar-refractivity contribution in [1.82, 2.24) is 19.6 Å². The van der Waals surface area contributed by atoms with Crippen LogP contribution in [-0.4, -0.2) is 26.1 Å². The quantitative estimate of drug-likeness (QED) is 0.674. The highest BCUT2D eigenvalue weighted by atomic mass is 35.5. The number of fused-ring (bicyclic) bond motifs is 1. The Morgan fingerprint density at radius 3 is 2.64 bits per heavy atom. The van der Waals surface area contributed by atoms with Gasteiger partial charge in [0.15, 0.2) is 5.65 Å². The van der Waals surface area contributed by atoms with E-state index in [0.29, 0.717) is 13.0 Å². The number of alkyl halides is 3. The molecule has 0 saturated carbocycles. The molecule has 0 aromatic carbocycles. The number of hydrogen-bond acceptors (Lipinski definition) is 4. The van der Waals surface area contributed by atoms with Crippen LogP contribution in [-0.2, 0) is 12.6 Å². The van der Waals surface area contributed by atoms with Crippen LogP contribution < -0.4 is 11.0 Å². The number of halogens is 4. The van der Waals surface area contributed by atoms with Crippen molar-refractivity contribution in [3.8, 4) is 0 Å². The molecule has 0 aliphatic rings. The molecule has 3 aromatic heterocycles. The largest absolute Gasteiger partial charge is 0.417 e. The molecule has 25 heavy (non-hydrogen) atoms. The number of aromatic amines is 1. The third kappa shape index (κ3) is 4.30. The average molecular weight is 374 g/mol. The summed E-state index contributed by atoms with van der Waals surface area (Å²) in [5.41, 5.74) is -0.224. The predicted molar refractivity (Wildman–Crippen MR) is 89.1 cm³/mol. The SMILES string of the molecule is Cl.O=c1[nH]nc2c(NCCCc3ccncc3)cc(C(F)(F)F)cn12. The van der Waals surface area contributed by atoms with E-state index in [-0.39, 0.29) is 23.7 Å². The molecule has 0 spiro atoms. The smallest absolute Gasteiger partial charge is 0.382 e. The Balaban J connectivity index is 0.00000225. The monoisotopic (exact) mass is 373 g/mol. The van der Waals surface area contributed by atoms with Gasteiger partial charge in [-0.15, -0.1) is 12.4 Å². The van der Waals surface area contributed by atoms with Crippen LogP contribution in [0.1, 0.15) is 17.5 Å². The molecule has 0 atom stereocenters. The summed E-state index contributed by atoms with van der Waals surface area (Å²) in [5, 5.41) is 8.85. The number of nitrogens with zero attached hydrogens (tertiary/aromatic N) is 3. The fourth-order valence-corrected chi connectivity index (χ4v) is 2.36. The lowest BCUT2D eigenvalue weighted by atomic mass is 10.1. The first kappa shape index (κ1) is 18.8. The van der Waals surface area contributed by atoms with Gasteiger partial charge in [-0.1, -0.05) is 0 Å². The Morgan fingerprint density at radius 1 is 1.24 bits per heavy atom. The number of anilines is 1. The molecule has 0 saturated heterocycles. The van der Waals surface area contributed by atoms with Gasteiger partial charge in [0, 0.05) is 25.1 Å². The Kier molecular flexibility index (Phi) is 5.68. The summed E-state index contributed by atoms with van der Waals surface area (Å²) in [6.07, 6.45) is 1.05. The first-order valence-electron chi connectivity index (χ1n) is 7.26. The van der Waals surface area contributed by atoms with Crippen molar-refractivity contribution in [1.29, 1.82) is 0 Å². The Bertz CT molecular complexity index is 892. The van der Waals surface area contributed by atoms with Crippen LogP contribution in [0.5, 0.6) is 0 Å². The summed E-state index contributed by atoms with van der Waals surface area (Å²) in [6, 6.07) is 4.73. The number of hydrogen-bond donors (Lipinski definition) is 2. The van der Waals surface area contributed by atoms with Crippen LogP contribution in [0.25, 0.3) is 5.65 Å². The van der Waals surface area contributed by atoms with Crippen LogP contribution in [0.15, 0.2) is 41.6 Å². The summed E-state index contributed by atoms with van der Waals surface area (Å²) < 4.78 is 39.7. The van der Waals surface area contributed by atoms with Gasteiger partial charge >= 0.3 is 11.9 Å². The Morgan fingerprint density at radius 2 is 1.96 bits per heavy atom. The van der Waals surface area contributed by atoms with Crippen molar-refractivity contribution in [3.05, 3.63) is 58.4 Å². The van der Waals surface area contributed by atoms with E-state index >= 15 is 0 Å². The molecule has 0 bridgehead atoms. The first-order chi connectivity index (χ1) is 11.4. The standard InChI is InChI=1S/C15H14F3N5O.ClH/c16-15(17,18)11-8-12(13-21-22-14(24)23(13)9-11)20-5-1-2-10-3-6-19-7-4-10;/h3-4,6-9,20H,1-2,5H2,(H,22,24);1H. The van der Waals surface area contributed by atoms with Crippen LogP contribution >= 0.6 is 12.4 Å². The molecular formula is C15H15ClF3N5O. The van der Waals surface area contributed by atoms with Gasteiger partial charge in [-0.3, -0.25) is 4.98 Å². The minimum absolute atomic E-state index is 0. The molecule has 3 heterocycles. The zero-order chi connectivity index (χ0) is 17.2. The summed E-state index contributed by atoms with van der Waals surface area (Å²) in [5.74, 6) is 0. The highest BCUT2D eigenvalue weighted by Gasteiger charge is 2.32. The van der Waals surface area contributed by atoms with Crippen LogP contribution in [0.3, 0.4) is 0 Å². The molecule has 6 nitrogen and oxygen atoms in total. The molecule has 3 aromatic rings. The number of aromatic nitrogens is 4. The highest BCUT2D eigenvalue weighted by molar-refractivity contribution is 5.85. The lowest BCUT2D eigenvalue weighted by molar-refractivity contribution is -0.137. The first-order valence-corrected chi connectivity index (χ1v) is 7.26. The average Bonchev–Trinajstić information content (AvgIpc) is 2.93. The minimum Gasteiger partial charge on any atom is -0.382 e. The molecular weight excluding hydrogens is 359 g/mol. The Labute approximate surface area is 146 Å². The fraction of sp³-hybridized carbons (Fsp3) is 0.267. The molecule has 0 aliphatic heterocycles. The van der Waals surface area contributed by atoms with Gasteiger partial charge in [0.25, 0.3) is 0 Å². The highest BCUT2D eigenvalue weighted by Crippen LogP contribution is 2.31. The lowest BCUT2D eigenvalue weighted by Crippen LogP contribution is -2.15. The van der Waals surface area contributed by atoms with E-state index in [4.69, 9.17) is 0 Å². The maximum absolute atomic E-state index is 13.0. The fourth-order valence-electron chi connectivity index (χ4n) is 2.36. The number of nitrogens with one attached hydrogen (secondary N) is 2. The van der Waals surface area contributed by atoms with Crippen molar-refractivity contribution >= 4 is 23.7 Å². The second-order valence-electron chi connectivity index (χ2n) is 5.25. The molecule has 2 N–H and O–H groups in total. The molecule has 134 valence electrons. The zero-order valence-corrected chi connectivity index (χ0v) is 13.7. The van der Waals surface area contributed by atoms with E-state index in [1.807, 2.05) is 12.1 Å². The molecule has 3 rings (SSSR count). The van der Waals surface area contributed by atoms with E-state index in [1.165, 1.54) is 0 Å². The predicted octanol–water partition coefficient (Wildman–Crippen LogP) is 2.90. The summed E-state index contributed by atoms with van der Waals surface area (Å²) in [4.78, 5) is 15.5. The van der Waals surface area contributed by atoms with Gasteiger partial charge in [-0.25, -0.2) is 14.3 Å². The number of aryl methyl sites for hydroxylation is 1. The molecule has 0 fully saturated rings. The Hall–Kier alpha value is -2.55.